The van der Waals surface area contributed by atoms with Crippen LogP contribution in [0.5, 0.6) is 17.2 Å². The predicted octanol–water partition coefficient (Wildman–Crippen LogP) is 5.23. The Balaban J connectivity index is 2.04. The van der Waals surface area contributed by atoms with Crippen LogP contribution in [-0.4, -0.2) is 48.3 Å². The van der Waals surface area contributed by atoms with E-state index in [0.29, 0.717) is 34.3 Å². The molecule has 1 atom stereocenters. The summed E-state index contributed by atoms with van der Waals surface area (Å²) in [5.41, 5.74) is 1.33. The van der Waals surface area contributed by atoms with E-state index in [1.165, 1.54) is 32.4 Å². The van der Waals surface area contributed by atoms with Crippen LogP contribution in [0.2, 0.25) is 0 Å². The highest BCUT2D eigenvalue weighted by Gasteiger charge is 2.31. The molecular weight excluding hydrogens is 465 g/mol. The smallest absolute Gasteiger partial charge is 0.497 e. The predicted molar refractivity (Wildman–Crippen MR) is 126 cm³/mol. The lowest BCUT2D eigenvalue weighted by Crippen LogP contribution is -2.30. The molecule has 0 aliphatic carbocycles. The molecule has 0 bridgehead atoms. The number of hydrogen-bond acceptors (Lipinski definition) is 8. The van der Waals surface area contributed by atoms with Crippen LogP contribution < -0.4 is 24.8 Å². The quantitative estimate of drug-likeness (QED) is 0.354. The number of alkyl halides is 3. The number of aliphatic hydroxyl groups is 1. The van der Waals surface area contributed by atoms with Crippen LogP contribution in [0.15, 0.2) is 48.5 Å². The number of methoxy groups -OCH3 is 2. The van der Waals surface area contributed by atoms with Crippen molar-refractivity contribution in [3.05, 3.63) is 48.5 Å². The van der Waals surface area contributed by atoms with Gasteiger partial charge in [-0.05, 0) is 18.1 Å². The minimum atomic E-state index is -4.82. The summed E-state index contributed by atoms with van der Waals surface area (Å²) in [6.07, 6.45) is -4.82. The Hall–Kier alpha value is -3.73. The lowest BCUT2D eigenvalue weighted by atomic mass is 10.1. The molecule has 0 amide bonds. The first-order valence-corrected chi connectivity index (χ1v) is 10.7. The van der Waals surface area contributed by atoms with Gasteiger partial charge in [-0.15, -0.1) is 13.2 Å². The van der Waals surface area contributed by atoms with Crippen molar-refractivity contribution in [2.24, 2.45) is 5.92 Å². The molecule has 188 valence electrons. The monoisotopic (exact) mass is 492 g/mol. The highest BCUT2D eigenvalue weighted by molar-refractivity contribution is 5.69. The third-order valence-corrected chi connectivity index (χ3v) is 5.03. The number of aliphatic hydroxyl groups excluding tert-OH is 1. The van der Waals surface area contributed by atoms with Crippen molar-refractivity contribution in [3.63, 3.8) is 0 Å². The van der Waals surface area contributed by atoms with Gasteiger partial charge in [0.1, 0.15) is 23.1 Å². The summed E-state index contributed by atoms with van der Waals surface area (Å²) in [5, 5.41) is 16.0. The zero-order chi connectivity index (χ0) is 25.6. The van der Waals surface area contributed by atoms with Gasteiger partial charge in [-0.25, -0.2) is 4.98 Å². The number of benzene rings is 2. The minimum Gasteiger partial charge on any atom is -0.497 e. The molecule has 3 rings (SSSR count). The fraction of sp³-hybridized carbons (Fsp3) is 0.333. The lowest BCUT2D eigenvalue weighted by Gasteiger charge is -2.21. The second kappa shape index (κ2) is 11.1. The molecule has 3 aromatic rings. The fourth-order valence-corrected chi connectivity index (χ4v) is 3.19. The van der Waals surface area contributed by atoms with Crippen molar-refractivity contribution in [1.29, 1.82) is 0 Å². The zero-order valence-electron chi connectivity index (χ0n) is 19.7. The number of nitrogens with one attached hydrogen (secondary N) is 2. The maximum Gasteiger partial charge on any atom is 0.573 e. The summed E-state index contributed by atoms with van der Waals surface area (Å²) in [4.78, 5) is 8.94. The third-order valence-electron chi connectivity index (χ3n) is 5.03. The van der Waals surface area contributed by atoms with Gasteiger partial charge in [0.15, 0.2) is 0 Å². The average molecular weight is 492 g/mol. The molecule has 35 heavy (non-hydrogen) atoms. The number of anilines is 3. The van der Waals surface area contributed by atoms with Gasteiger partial charge in [-0.2, -0.15) is 4.98 Å². The van der Waals surface area contributed by atoms with Gasteiger partial charge >= 0.3 is 6.36 Å². The van der Waals surface area contributed by atoms with Crippen LogP contribution in [0.25, 0.3) is 11.3 Å². The second-order valence-electron chi connectivity index (χ2n) is 7.94. The van der Waals surface area contributed by atoms with Crippen LogP contribution in [0.1, 0.15) is 13.8 Å². The highest BCUT2D eigenvalue weighted by Crippen LogP contribution is 2.31. The van der Waals surface area contributed by atoms with E-state index in [4.69, 9.17) is 9.47 Å². The molecule has 11 heteroatoms. The van der Waals surface area contributed by atoms with Crippen LogP contribution in [-0.2, 0) is 0 Å². The first-order chi connectivity index (χ1) is 16.6. The van der Waals surface area contributed by atoms with Crippen molar-refractivity contribution in [2.75, 3.05) is 31.5 Å². The highest BCUT2D eigenvalue weighted by atomic mass is 19.4. The number of hydrogen-bond donors (Lipinski definition) is 3. The molecule has 1 aromatic heterocycles. The van der Waals surface area contributed by atoms with E-state index < -0.39 is 6.36 Å². The molecule has 0 saturated heterocycles. The molecular formula is C24H27F3N4O4. The molecule has 0 spiro atoms. The molecule has 0 aliphatic rings. The lowest BCUT2D eigenvalue weighted by molar-refractivity contribution is -0.274. The Morgan fingerprint density at radius 2 is 1.63 bits per heavy atom. The maximum atomic E-state index is 12.7. The van der Waals surface area contributed by atoms with E-state index in [-0.39, 0.29) is 30.3 Å². The molecule has 0 saturated carbocycles. The van der Waals surface area contributed by atoms with Gasteiger partial charge in [-0.1, -0.05) is 26.0 Å². The first kappa shape index (κ1) is 25.9. The van der Waals surface area contributed by atoms with Crippen molar-refractivity contribution in [3.8, 4) is 28.5 Å². The molecule has 0 unspecified atom stereocenters. The Labute approximate surface area is 201 Å². The summed E-state index contributed by atoms with van der Waals surface area (Å²) in [6.45, 7) is 3.70. The summed E-state index contributed by atoms with van der Waals surface area (Å²) in [6, 6.07) is 11.9. The Bertz CT molecular complexity index is 1120. The average Bonchev–Trinajstić information content (AvgIpc) is 2.81. The van der Waals surface area contributed by atoms with Gasteiger partial charge in [0.2, 0.25) is 5.95 Å². The standard InChI is InChI=1S/C24H27F3N4O4/c1-14(2)21(13-32)30-23-29-20(15-6-5-7-17(8-15)35-24(25,26)27)12-22(31-23)28-16-9-18(33-3)11-19(10-16)34-4/h5-12,14,21,32H,13H2,1-4H3,(H2,28,29,30,31)/t21-/m1/s1. The molecule has 1 heterocycles. The second-order valence-corrected chi connectivity index (χ2v) is 7.94. The molecule has 8 nitrogen and oxygen atoms in total. The van der Waals surface area contributed by atoms with E-state index in [1.54, 1.807) is 30.3 Å². The Morgan fingerprint density at radius 3 is 2.20 bits per heavy atom. The van der Waals surface area contributed by atoms with Gasteiger partial charge in [0, 0.05) is 35.5 Å². The molecule has 3 N–H and O–H groups in total. The van der Waals surface area contributed by atoms with Crippen molar-refractivity contribution < 1.29 is 32.5 Å². The number of nitrogens with zero attached hydrogens (tertiary/aromatic N) is 2. The summed E-state index contributed by atoms with van der Waals surface area (Å²) < 4.78 is 52.8. The van der Waals surface area contributed by atoms with Gasteiger partial charge in [0.05, 0.1) is 32.6 Å². The Morgan fingerprint density at radius 1 is 0.943 bits per heavy atom. The van der Waals surface area contributed by atoms with E-state index >= 15 is 0 Å². The first-order valence-electron chi connectivity index (χ1n) is 10.7. The minimum absolute atomic E-state index is 0.0647. The van der Waals surface area contributed by atoms with Gasteiger partial charge < -0.3 is 30.0 Å². The van der Waals surface area contributed by atoms with Crippen LogP contribution in [0.3, 0.4) is 0 Å². The molecule has 2 aromatic carbocycles. The summed E-state index contributed by atoms with van der Waals surface area (Å²) in [7, 11) is 3.06. The topological polar surface area (TPSA) is 97.8 Å². The zero-order valence-corrected chi connectivity index (χ0v) is 19.7. The van der Waals surface area contributed by atoms with Gasteiger partial charge in [0.25, 0.3) is 0 Å². The van der Waals surface area contributed by atoms with E-state index in [1.807, 2.05) is 13.8 Å². The van der Waals surface area contributed by atoms with Crippen molar-refractivity contribution in [2.45, 2.75) is 26.3 Å². The molecule has 0 aliphatic heterocycles. The van der Waals surface area contributed by atoms with Crippen LogP contribution in [0, 0.1) is 5.92 Å². The number of aromatic nitrogens is 2. The molecule has 0 fully saturated rings. The summed E-state index contributed by atoms with van der Waals surface area (Å²) >= 11 is 0. The SMILES string of the molecule is COc1cc(Nc2cc(-c3cccc(OC(F)(F)F)c3)nc(N[C@H](CO)C(C)C)n2)cc(OC)c1. The Kier molecular flexibility index (Phi) is 8.23. The van der Waals surface area contributed by atoms with Crippen molar-refractivity contribution >= 4 is 17.5 Å². The fourth-order valence-electron chi connectivity index (χ4n) is 3.19. The van der Waals surface area contributed by atoms with Crippen LogP contribution >= 0.6 is 0 Å². The number of rotatable bonds is 10. The van der Waals surface area contributed by atoms with E-state index in [9.17, 15) is 18.3 Å². The van der Waals surface area contributed by atoms with Crippen LogP contribution in [0.4, 0.5) is 30.6 Å². The van der Waals surface area contributed by atoms with E-state index in [2.05, 4.69) is 25.3 Å². The number of ether oxygens (including phenoxy) is 3. The van der Waals surface area contributed by atoms with E-state index in [0.717, 1.165) is 0 Å². The maximum absolute atomic E-state index is 12.7. The van der Waals surface area contributed by atoms with Crippen molar-refractivity contribution in [1.82, 2.24) is 9.97 Å². The largest absolute Gasteiger partial charge is 0.573 e. The third kappa shape index (κ3) is 7.38. The van der Waals surface area contributed by atoms with Gasteiger partial charge in [-0.3, -0.25) is 0 Å². The normalized spacial score (nSPS) is 12.3. The molecule has 0 radical (unpaired) electrons. The number of halogens is 3. The summed E-state index contributed by atoms with van der Waals surface area (Å²) in [5.74, 6) is 1.35.